The van der Waals surface area contributed by atoms with Gasteiger partial charge in [0.2, 0.25) is 5.89 Å². The summed E-state index contributed by atoms with van der Waals surface area (Å²) in [6, 6.07) is 5.63. The van der Waals surface area contributed by atoms with E-state index < -0.39 is 0 Å². The highest BCUT2D eigenvalue weighted by molar-refractivity contribution is 5.65. The first kappa shape index (κ1) is 18.7. The molecule has 1 fully saturated rings. The van der Waals surface area contributed by atoms with Crippen molar-refractivity contribution in [3.8, 4) is 23.0 Å². The molecule has 0 saturated carbocycles. The Morgan fingerprint density at radius 2 is 1.96 bits per heavy atom. The van der Waals surface area contributed by atoms with Crippen molar-refractivity contribution in [2.24, 2.45) is 0 Å². The number of nitrogens with zero attached hydrogens (tertiary/aromatic N) is 3. The van der Waals surface area contributed by atoms with Crippen LogP contribution in [0.25, 0.3) is 11.5 Å². The number of rotatable bonds is 5. The zero-order valence-electron chi connectivity index (χ0n) is 16.6. The van der Waals surface area contributed by atoms with E-state index in [1.165, 1.54) is 0 Å². The van der Waals surface area contributed by atoms with Gasteiger partial charge < -0.3 is 13.9 Å². The normalized spacial score (nSPS) is 18.1. The number of aromatic nitrogens is 1. The molecule has 1 saturated heterocycles. The molecule has 26 heavy (non-hydrogen) atoms. The number of hydrogen-bond donors (Lipinski definition) is 0. The van der Waals surface area contributed by atoms with Crippen molar-refractivity contribution in [3.63, 3.8) is 0 Å². The minimum atomic E-state index is 0.161. The van der Waals surface area contributed by atoms with Crippen molar-refractivity contribution in [2.75, 3.05) is 40.9 Å². The van der Waals surface area contributed by atoms with Gasteiger partial charge >= 0.3 is 0 Å². The van der Waals surface area contributed by atoms with Gasteiger partial charge in [-0.25, -0.2) is 4.98 Å². The van der Waals surface area contributed by atoms with E-state index in [-0.39, 0.29) is 5.54 Å². The number of methoxy groups -OCH3 is 2. The number of piperazine rings is 1. The summed E-state index contributed by atoms with van der Waals surface area (Å²) in [5.74, 6) is 2.89. The second kappa shape index (κ2) is 7.29. The van der Waals surface area contributed by atoms with Crippen LogP contribution in [0.1, 0.15) is 25.3 Å². The fourth-order valence-corrected chi connectivity index (χ4v) is 3.36. The molecule has 6 nitrogen and oxygen atoms in total. The lowest BCUT2D eigenvalue weighted by Crippen LogP contribution is -2.57. The molecular weight excluding hydrogens is 330 g/mol. The van der Waals surface area contributed by atoms with Gasteiger partial charge in [0.1, 0.15) is 17.3 Å². The third-order valence-electron chi connectivity index (χ3n) is 5.30. The molecule has 2 aromatic rings. The molecule has 0 bridgehead atoms. The van der Waals surface area contributed by atoms with Gasteiger partial charge in [0, 0.05) is 31.7 Å². The molecule has 2 heterocycles. The molecule has 0 atom stereocenters. The van der Waals surface area contributed by atoms with Crippen molar-refractivity contribution in [3.05, 3.63) is 29.7 Å². The molecule has 0 N–H and O–H groups in total. The molecule has 3 rings (SSSR count). The average molecular weight is 359 g/mol. The number of aryl methyl sites for hydroxylation is 1. The van der Waals surface area contributed by atoms with Gasteiger partial charge in [-0.15, -0.1) is 0 Å². The topological polar surface area (TPSA) is 51.0 Å². The Bertz CT molecular complexity index is 770. The Labute approximate surface area is 155 Å². The van der Waals surface area contributed by atoms with Gasteiger partial charge in [-0.1, -0.05) is 0 Å². The van der Waals surface area contributed by atoms with E-state index in [1.807, 2.05) is 25.1 Å². The molecular formula is C20H29N3O3. The monoisotopic (exact) mass is 359 g/mol. The van der Waals surface area contributed by atoms with Crippen LogP contribution in [0.5, 0.6) is 11.5 Å². The van der Waals surface area contributed by atoms with Crippen molar-refractivity contribution in [1.29, 1.82) is 0 Å². The number of ether oxygens (including phenoxy) is 2. The lowest BCUT2D eigenvalue weighted by molar-refractivity contribution is 0.0352. The van der Waals surface area contributed by atoms with E-state index in [1.54, 1.807) is 14.2 Å². The summed E-state index contributed by atoms with van der Waals surface area (Å²) < 4.78 is 16.8. The van der Waals surface area contributed by atoms with Crippen LogP contribution in [-0.2, 0) is 6.54 Å². The minimum Gasteiger partial charge on any atom is -0.497 e. The standard InChI is InChI=1S/C20H29N3O3/c1-14-17(12-23-10-9-22(4)20(2,3)13-23)21-19(26-14)16-11-15(24-5)7-8-18(16)25-6/h7-8,11H,9-10,12-13H2,1-6H3. The second-order valence-corrected chi connectivity index (χ2v) is 7.53. The number of benzene rings is 1. The summed E-state index contributed by atoms with van der Waals surface area (Å²) >= 11 is 0. The third-order valence-corrected chi connectivity index (χ3v) is 5.30. The number of oxazole rings is 1. The zero-order chi connectivity index (χ0) is 18.9. The van der Waals surface area contributed by atoms with Gasteiger partial charge in [0.05, 0.1) is 25.5 Å². The maximum atomic E-state index is 5.97. The molecule has 6 heteroatoms. The maximum absolute atomic E-state index is 5.97. The molecule has 1 aliphatic rings. The lowest BCUT2D eigenvalue weighted by Gasteiger charge is -2.45. The highest BCUT2D eigenvalue weighted by Gasteiger charge is 2.31. The van der Waals surface area contributed by atoms with Crippen LogP contribution in [-0.4, -0.2) is 61.2 Å². The van der Waals surface area contributed by atoms with E-state index in [2.05, 4.69) is 30.7 Å². The van der Waals surface area contributed by atoms with E-state index in [9.17, 15) is 0 Å². The molecule has 0 spiro atoms. The molecule has 0 radical (unpaired) electrons. The Kier molecular flexibility index (Phi) is 5.25. The molecule has 0 unspecified atom stereocenters. The predicted molar refractivity (Wildman–Crippen MR) is 102 cm³/mol. The van der Waals surface area contributed by atoms with Crippen molar-refractivity contribution in [2.45, 2.75) is 32.9 Å². The van der Waals surface area contributed by atoms with Crippen molar-refractivity contribution >= 4 is 0 Å². The summed E-state index contributed by atoms with van der Waals surface area (Å²) in [6.07, 6.45) is 0. The highest BCUT2D eigenvalue weighted by Crippen LogP contribution is 2.34. The summed E-state index contributed by atoms with van der Waals surface area (Å²) in [7, 11) is 5.48. The number of hydrogen-bond acceptors (Lipinski definition) is 6. The van der Waals surface area contributed by atoms with Crippen LogP contribution in [0.2, 0.25) is 0 Å². The predicted octanol–water partition coefficient (Wildman–Crippen LogP) is 3.19. The van der Waals surface area contributed by atoms with Crippen molar-refractivity contribution < 1.29 is 13.9 Å². The fourth-order valence-electron chi connectivity index (χ4n) is 3.36. The zero-order valence-corrected chi connectivity index (χ0v) is 16.6. The van der Waals surface area contributed by atoms with Gasteiger partial charge in [-0.2, -0.15) is 0 Å². The van der Waals surface area contributed by atoms with Gasteiger partial charge in [-0.05, 0) is 46.0 Å². The molecule has 0 aliphatic carbocycles. The van der Waals surface area contributed by atoms with Crippen LogP contribution >= 0.6 is 0 Å². The van der Waals surface area contributed by atoms with Crippen LogP contribution in [0, 0.1) is 6.92 Å². The molecule has 1 aliphatic heterocycles. The highest BCUT2D eigenvalue weighted by atomic mass is 16.5. The SMILES string of the molecule is COc1ccc(OC)c(-c2nc(CN3CCN(C)C(C)(C)C3)c(C)o2)c1. The van der Waals surface area contributed by atoms with Gasteiger partial charge in [-0.3, -0.25) is 9.80 Å². The van der Waals surface area contributed by atoms with E-state index >= 15 is 0 Å². The average Bonchev–Trinajstić information content (AvgIpc) is 2.97. The smallest absolute Gasteiger partial charge is 0.230 e. The second-order valence-electron chi connectivity index (χ2n) is 7.53. The van der Waals surface area contributed by atoms with Crippen LogP contribution in [0.15, 0.2) is 22.6 Å². The Morgan fingerprint density at radius 3 is 2.62 bits per heavy atom. The van der Waals surface area contributed by atoms with Crippen LogP contribution in [0.3, 0.4) is 0 Å². The maximum Gasteiger partial charge on any atom is 0.230 e. The Balaban J connectivity index is 1.84. The Morgan fingerprint density at radius 1 is 1.19 bits per heavy atom. The van der Waals surface area contributed by atoms with Crippen LogP contribution < -0.4 is 9.47 Å². The molecule has 142 valence electrons. The summed E-state index contributed by atoms with van der Waals surface area (Å²) in [5.41, 5.74) is 1.94. The summed E-state index contributed by atoms with van der Waals surface area (Å²) in [4.78, 5) is 9.62. The first-order valence-electron chi connectivity index (χ1n) is 8.96. The summed E-state index contributed by atoms with van der Waals surface area (Å²) in [5, 5.41) is 0. The fraction of sp³-hybridized carbons (Fsp3) is 0.550. The summed E-state index contributed by atoms with van der Waals surface area (Å²) in [6.45, 7) is 10.4. The number of likely N-dealkylation sites (N-methyl/N-ethyl adjacent to an activating group) is 1. The Hall–Kier alpha value is -2.05. The van der Waals surface area contributed by atoms with E-state index in [0.717, 1.165) is 54.7 Å². The van der Waals surface area contributed by atoms with Crippen molar-refractivity contribution in [1.82, 2.24) is 14.8 Å². The largest absolute Gasteiger partial charge is 0.497 e. The van der Waals surface area contributed by atoms with E-state index in [4.69, 9.17) is 18.9 Å². The van der Waals surface area contributed by atoms with Gasteiger partial charge in [0.25, 0.3) is 0 Å². The molecule has 0 amide bonds. The minimum absolute atomic E-state index is 0.161. The quantitative estimate of drug-likeness (QED) is 0.817. The van der Waals surface area contributed by atoms with Gasteiger partial charge in [0.15, 0.2) is 0 Å². The molecule has 1 aromatic heterocycles. The lowest BCUT2D eigenvalue weighted by atomic mass is 9.99. The third kappa shape index (κ3) is 3.71. The molecule has 1 aromatic carbocycles. The van der Waals surface area contributed by atoms with Crippen LogP contribution in [0.4, 0.5) is 0 Å². The van der Waals surface area contributed by atoms with E-state index in [0.29, 0.717) is 5.89 Å². The first-order chi connectivity index (χ1) is 12.3. The first-order valence-corrected chi connectivity index (χ1v) is 8.96.